The molecule has 3 rings (SSSR count). The molecule has 1 aliphatic carbocycles. The van der Waals surface area contributed by atoms with Crippen LogP contribution in [0.2, 0.25) is 0 Å². The molecule has 0 saturated heterocycles. The molecule has 28 heavy (non-hydrogen) atoms. The Morgan fingerprint density at radius 1 is 1.04 bits per heavy atom. The maximum absolute atomic E-state index is 12.0. The summed E-state index contributed by atoms with van der Waals surface area (Å²) in [5, 5.41) is 11.4. The zero-order valence-electron chi connectivity index (χ0n) is 15.6. The molecular formula is C21H22N2O5. The molecule has 0 saturated carbocycles. The molecule has 2 aromatic carbocycles. The van der Waals surface area contributed by atoms with E-state index >= 15 is 0 Å². The van der Waals surface area contributed by atoms with Crippen LogP contribution in [0.3, 0.4) is 0 Å². The summed E-state index contributed by atoms with van der Waals surface area (Å²) in [5.41, 5.74) is 4.55. The summed E-state index contributed by atoms with van der Waals surface area (Å²) in [7, 11) is 0. The SMILES string of the molecule is CC(=O)N(CCNC(=O)OCC1c2ccccc2-c2ccccc21)CC(=O)O. The summed E-state index contributed by atoms with van der Waals surface area (Å²) in [4.78, 5) is 35.4. The van der Waals surface area contributed by atoms with Gasteiger partial charge in [-0.1, -0.05) is 48.5 Å². The van der Waals surface area contributed by atoms with Crippen molar-refractivity contribution in [3.05, 3.63) is 59.7 Å². The smallest absolute Gasteiger partial charge is 0.407 e. The fraction of sp³-hybridized carbons (Fsp3) is 0.286. The minimum atomic E-state index is -1.10. The van der Waals surface area contributed by atoms with Gasteiger partial charge < -0.3 is 20.1 Å². The fourth-order valence-corrected chi connectivity index (χ4v) is 3.45. The standard InChI is InChI=1S/C21H22N2O5/c1-14(24)23(12-20(25)26)11-10-22-21(27)28-13-19-17-8-4-2-6-15(17)16-7-3-5-9-18(16)19/h2-9,19H,10-13H2,1H3,(H,22,27)(H,25,26). The third-order valence-corrected chi connectivity index (χ3v) is 4.77. The highest BCUT2D eigenvalue weighted by Crippen LogP contribution is 2.44. The number of rotatable bonds is 7. The molecule has 0 aliphatic heterocycles. The predicted molar refractivity (Wildman–Crippen MR) is 103 cm³/mol. The van der Waals surface area contributed by atoms with Crippen LogP contribution in [-0.4, -0.2) is 54.2 Å². The number of carboxylic acids is 1. The van der Waals surface area contributed by atoms with Crippen LogP contribution in [0.4, 0.5) is 4.79 Å². The summed E-state index contributed by atoms with van der Waals surface area (Å²) in [6, 6.07) is 16.1. The topological polar surface area (TPSA) is 95.9 Å². The monoisotopic (exact) mass is 382 g/mol. The Labute approximate surface area is 162 Å². The molecule has 2 N–H and O–H groups in total. The molecule has 0 atom stereocenters. The highest BCUT2D eigenvalue weighted by atomic mass is 16.5. The largest absolute Gasteiger partial charge is 0.480 e. The van der Waals surface area contributed by atoms with Crippen molar-refractivity contribution in [3.63, 3.8) is 0 Å². The molecule has 0 spiro atoms. The average molecular weight is 382 g/mol. The predicted octanol–water partition coefficient (Wildman–Crippen LogP) is 2.46. The van der Waals surface area contributed by atoms with Gasteiger partial charge >= 0.3 is 12.1 Å². The lowest BCUT2D eigenvalue weighted by Crippen LogP contribution is -2.40. The lowest BCUT2D eigenvalue weighted by atomic mass is 9.98. The zero-order valence-corrected chi connectivity index (χ0v) is 15.6. The van der Waals surface area contributed by atoms with Crippen molar-refractivity contribution in [3.8, 4) is 11.1 Å². The van der Waals surface area contributed by atoms with Gasteiger partial charge in [0.05, 0.1) is 0 Å². The van der Waals surface area contributed by atoms with Gasteiger partial charge in [-0.25, -0.2) is 4.79 Å². The van der Waals surface area contributed by atoms with Gasteiger partial charge in [0.1, 0.15) is 13.2 Å². The van der Waals surface area contributed by atoms with E-state index < -0.39 is 18.6 Å². The highest BCUT2D eigenvalue weighted by Gasteiger charge is 2.28. The van der Waals surface area contributed by atoms with Crippen molar-refractivity contribution in [1.82, 2.24) is 10.2 Å². The number of amides is 2. The Morgan fingerprint density at radius 3 is 2.14 bits per heavy atom. The first-order valence-electron chi connectivity index (χ1n) is 9.03. The van der Waals surface area contributed by atoms with Crippen LogP contribution in [0.5, 0.6) is 0 Å². The number of nitrogens with one attached hydrogen (secondary N) is 1. The molecule has 7 heteroatoms. The Hall–Kier alpha value is -3.35. The van der Waals surface area contributed by atoms with Crippen LogP contribution in [0.25, 0.3) is 11.1 Å². The molecule has 0 fully saturated rings. The number of fused-ring (bicyclic) bond motifs is 3. The molecular weight excluding hydrogens is 360 g/mol. The van der Waals surface area contributed by atoms with E-state index in [-0.39, 0.29) is 31.5 Å². The van der Waals surface area contributed by atoms with E-state index in [0.717, 1.165) is 27.2 Å². The number of carbonyl (C=O) groups is 3. The molecule has 0 unspecified atom stereocenters. The van der Waals surface area contributed by atoms with Crippen LogP contribution in [-0.2, 0) is 14.3 Å². The van der Waals surface area contributed by atoms with Gasteiger partial charge in [-0.2, -0.15) is 0 Å². The molecule has 0 radical (unpaired) electrons. The first-order chi connectivity index (χ1) is 13.5. The number of aliphatic carboxylic acids is 1. The number of carbonyl (C=O) groups excluding carboxylic acids is 2. The Morgan fingerprint density at radius 2 is 1.61 bits per heavy atom. The average Bonchev–Trinajstić information content (AvgIpc) is 2.99. The van der Waals surface area contributed by atoms with E-state index in [2.05, 4.69) is 17.4 Å². The second-order valence-electron chi connectivity index (χ2n) is 6.59. The van der Waals surface area contributed by atoms with E-state index in [0.29, 0.717) is 0 Å². The van der Waals surface area contributed by atoms with Crippen molar-refractivity contribution >= 4 is 18.0 Å². The Balaban J connectivity index is 1.55. The van der Waals surface area contributed by atoms with Crippen molar-refractivity contribution < 1.29 is 24.2 Å². The van der Waals surface area contributed by atoms with E-state index in [1.54, 1.807) is 0 Å². The Bertz CT molecular complexity index is 850. The molecule has 7 nitrogen and oxygen atoms in total. The van der Waals surface area contributed by atoms with E-state index in [9.17, 15) is 14.4 Å². The third kappa shape index (κ3) is 4.31. The third-order valence-electron chi connectivity index (χ3n) is 4.77. The van der Waals surface area contributed by atoms with Gasteiger partial charge in [0.25, 0.3) is 0 Å². The minimum absolute atomic E-state index is 0.0288. The Kier molecular flexibility index (Phi) is 5.93. The highest BCUT2D eigenvalue weighted by molar-refractivity contribution is 5.80. The summed E-state index contributed by atoms with van der Waals surface area (Å²) < 4.78 is 5.39. The minimum Gasteiger partial charge on any atom is -0.480 e. The van der Waals surface area contributed by atoms with Crippen LogP contribution in [0.15, 0.2) is 48.5 Å². The van der Waals surface area contributed by atoms with Crippen molar-refractivity contribution in [1.29, 1.82) is 0 Å². The zero-order chi connectivity index (χ0) is 20.1. The quantitative estimate of drug-likeness (QED) is 0.767. The van der Waals surface area contributed by atoms with Crippen molar-refractivity contribution in [2.24, 2.45) is 0 Å². The van der Waals surface area contributed by atoms with E-state index in [1.165, 1.54) is 6.92 Å². The summed E-state index contributed by atoms with van der Waals surface area (Å²) >= 11 is 0. The summed E-state index contributed by atoms with van der Waals surface area (Å²) in [5.74, 6) is -1.49. The van der Waals surface area contributed by atoms with Crippen LogP contribution in [0.1, 0.15) is 24.0 Å². The maximum Gasteiger partial charge on any atom is 0.407 e. The number of carboxylic acid groups (broad SMARTS) is 1. The fourth-order valence-electron chi connectivity index (χ4n) is 3.45. The molecule has 146 valence electrons. The first kappa shape index (κ1) is 19.4. The number of nitrogens with zero attached hydrogens (tertiary/aromatic N) is 1. The lowest BCUT2D eigenvalue weighted by Gasteiger charge is -2.19. The van der Waals surface area contributed by atoms with Crippen LogP contribution >= 0.6 is 0 Å². The number of benzene rings is 2. The maximum atomic E-state index is 12.0. The normalized spacial score (nSPS) is 12.0. The second-order valence-corrected chi connectivity index (χ2v) is 6.59. The molecule has 1 aliphatic rings. The van der Waals surface area contributed by atoms with E-state index in [1.807, 2.05) is 36.4 Å². The van der Waals surface area contributed by atoms with E-state index in [4.69, 9.17) is 9.84 Å². The van der Waals surface area contributed by atoms with Gasteiger partial charge in [-0.3, -0.25) is 9.59 Å². The number of hydrogen-bond donors (Lipinski definition) is 2. The van der Waals surface area contributed by atoms with Gasteiger partial charge in [0, 0.05) is 25.9 Å². The first-order valence-corrected chi connectivity index (χ1v) is 9.03. The van der Waals surface area contributed by atoms with Gasteiger partial charge in [-0.15, -0.1) is 0 Å². The summed E-state index contributed by atoms with van der Waals surface area (Å²) in [6.07, 6.45) is -0.597. The molecule has 0 bridgehead atoms. The molecule has 2 aromatic rings. The molecule has 0 heterocycles. The van der Waals surface area contributed by atoms with Gasteiger partial charge in [0.15, 0.2) is 0 Å². The second kappa shape index (κ2) is 8.56. The van der Waals surface area contributed by atoms with Crippen LogP contribution < -0.4 is 5.32 Å². The number of hydrogen-bond acceptors (Lipinski definition) is 4. The number of ether oxygens (including phenoxy) is 1. The van der Waals surface area contributed by atoms with Crippen LogP contribution in [0, 0.1) is 0 Å². The number of alkyl carbamates (subject to hydrolysis) is 1. The molecule has 0 aromatic heterocycles. The van der Waals surface area contributed by atoms with Gasteiger partial charge in [0.2, 0.25) is 5.91 Å². The van der Waals surface area contributed by atoms with Crippen molar-refractivity contribution in [2.45, 2.75) is 12.8 Å². The van der Waals surface area contributed by atoms with Gasteiger partial charge in [-0.05, 0) is 22.3 Å². The molecule has 2 amide bonds. The van der Waals surface area contributed by atoms with Crippen molar-refractivity contribution in [2.75, 3.05) is 26.2 Å². The summed E-state index contributed by atoms with van der Waals surface area (Å²) in [6.45, 7) is 1.30. The lowest BCUT2D eigenvalue weighted by molar-refractivity contribution is -0.143.